The molecule has 0 bridgehead atoms. The summed E-state index contributed by atoms with van der Waals surface area (Å²) in [5, 5.41) is 8.57. The maximum atomic E-state index is 12.1. The molecule has 0 spiro atoms. The average Bonchev–Trinajstić information content (AvgIpc) is 2.89. The SMILES string of the molecule is CN(Cc1c(Cl)cnn1C)C(=O)c1cnn(C)c1. The Morgan fingerprint density at radius 1 is 1.39 bits per heavy atom. The third kappa shape index (κ3) is 2.38. The molecule has 0 unspecified atom stereocenters. The number of rotatable bonds is 3. The molecule has 0 radical (unpaired) electrons. The molecule has 0 saturated heterocycles. The maximum absolute atomic E-state index is 12.1. The molecule has 0 aliphatic carbocycles. The smallest absolute Gasteiger partial charge is 0.257 e. The third-order valence-electron chi connectivity index (χ3n) is 2.70. The molecule has 96 valence electrons. The fourth-order valence-corrected chi connectivity index (χ4v) is 1.89. The highest BCUT2D eigenvalue weighted by atomic mass is 35.5. The Labute approximate surface area is 110 Å². The van der Waals surface area contributed by atoms with Crippen LogP contribution in [0.25, 0.3) is 0 Å². The van der Waals surface area contributed by atoms with Gasteiger partial charge in [0.25, 0.3) is 5.91 Å². The summed E-state index contributed by atoms with van der Waals surface area (Å²) in [5.74, 6) is -0.0969. The van der Waals surface area contributed by atoms with Crippen molar-refractivity contribution in [3.63, 3.8) is 0 Å². The van der Waals surface area contributed by atoms with Gasteiger partial charge in [-0.1, -0.05) is 11.6 Å². The lowest BCUT2D eigenvalue weighted by Gasteiger charge is -2.16. The molecule has 0 N–H and O–H groups in total. The summed E-state index contributed by atoms with van der Waals surface area (Å²) in [4.78, 5) is 13.7. The lowest BCUT2D eigenvalue weighted by Crippen LogP contribution is -2.27. The molecule has 18 heavy (non-hydrogen) atoms. The largest absolute Gasteiger partial charge is 0.336 e. The molecule has 2 aromatic heterocycles. The number of carbonyl (C=O) groups excluding carboxylic acids is 1. The van der Waals surface area contributed by atoms with Gasteiger partial charge in [-0.15, -0.1) is 0 Å². The fraction of sp³-hybridized carbons (Fsp3) is 0.364. The van der Waals surface area contributed by atoms with Gasteiger partial charge < -0.3 is 4.90 Å². The molecule has 2 aromatic rings. The van der Waals surface area contributed by atoms with Crippen molar-refractivity contribution in [2.24, 2.45) is 14.1 Å². The summed E-state index contributed by atoms with van der Waals surface area (Å²) in [6.07, 6.45) is 4.80. The summed E-state index contributed by atoms with van der Waals surface area (Å²) < 4.78 is 3.26. The second-order valence-corrected chi connectivity index (χ2v) is 4.53. The highest BCUT2D eigenvalue weighted by molar-refractivity contribution is 6.31. The first kappa shape index (κ1) is 12.6. The molecular formula is C11H14ClN5O. The normalized spacial score (nSPS) is 10.7. The Kier molecular flexibility index (Phi) is 3.38. The van der Waals surface area contributed by atoms with Gasteiger partial charge in [0.2, 0.25) is 0 Å². The number of nitrogens with zero attached hydrogens (tertiary/aromatic N) is 5. The average molecular weight is 268 g/mol. The van der Waals surface area contributed by atoms with Crippen molar-refractivity contribution in [1.82, 2.24) is 24.5 Å². The van der Waals surface area contributed by atoms with Crippen LogP contribution in [0.1, 0.15) is 16.1 Å². The number of hydrogen-bond acceptors (Lipinski definition) is 3. The number of aryl methyl sites for hydroxylation is 2. The van der Waals surface area contributed by atoms with Crippen LogP contribution < -0.4 is 0 Å². The summed E-state index contributed by atoms with van der Waals surface area (Å²) in [6.45, 7) is 0.406. The highest BCUT2D eigenvalue weighted by Crippen LogP contribution is 2.16. The van der Waals surface area contributed by atoms with E-state index in [2.05, 4.69) is 10.2 Å². The van der Waals surface area contributed by atoms with Crippen molar-refractivity contribution in [3.8, 4) is 0 Å². The molecule has 1 amide bonds. The van der Waals surface area contributed by atoms with Crippen LogP contribution >= 0.6 is 11.6 Å². The van der Waals surface area contributed by atoms with Crippen LogP contribution in [-0.2, 0) is 20.6 Å². The van der Waals surface area contributed by atoms with E-state index >= 15 is 0 Å². The van der Waals surface area contributed by atoms with Crippen molar-refractivity contribution >= 4 is 17.5 Å². The lowest BCUT2D eigenvalue weighted by atomic mass is 10.3. The maximum Gasteiger partial charge on any atom is 0.257 e. The first-order valence-electron chi connectivity index (χ1n) is 5.39. The van der Waals surface area contributed by atoms with Gasteiger partial charge in [0, 0.05) is 27.3 Å². The van der Waals surface area contributed by atoms with Crippen LogP contribution in [0, 0.1) is 0 Å². The number of carbonyl (C=O) groups is 1. The number of halogens is 1. The minimum atomic E-state index is -0.0969. The predicted molar refractivity (Wildman–Crippen MR) is 67.2 cm³/mol. The molecule has 0 aliphatic rings. The molecule has 0 saturated carbocycles. The molecule has 0 atom stereocenters. The van der Waals surface area contributed by atoms with Gasteiger partial charge in [-0.25, -0.2) is 0 Å². The van der Waals surface area contributed by atoms with Gasteiger partial charge in [0.15, 0.2) is 0 Å². The van der Waals surface area contributed by atoms with Crippen molar-refractivity contribution in [1.29, 1.82) is 0 Å². The predicted octanol–water partition coefficient (Wildman–Crippen LogP) is 1.08. The molecule has 6 nitrogen and oxygen atoms in total. The standard InChI is InChI=1S/C11H14ClN5O/c1-15(7-10-9(12)5-14-17(10)3)11(18)8-4-13-16(2)6-8/h4-6H,7H2,1-3H3. The Morgan fingerprint density at radius 3 is 2.61 bits per heavy atom. The number of hydrogen-bond donors (Lipinski definition) is 0. The van der Waals surface area contributed by atoms with E-state index in [1.54, 1.807) is 54.0 Å². The number of amides is 1. The molecule has 0 fully saturated rings. The van der Waals surface area contributed by atoms with Gasteiger partial charge in [0.05, 0.1) is 35.2 Å². The zero-order valence-corrected chi connectivity index (χ0v) is 11.2. The Morgan fingerprint density at radius 2 is 2.11 bits per heavy atom. The van der Waals surface area contributed by atoms with Gasteiger partial charge in [-0.3, -0.25) is 14.2 Å². The molecule has 2 heterocycles. The molecular weight excluding hydrogens is 254 g/mol. The second-order valence-electron chi connectivity index (χ2n) is 4.13. The zero-order valence-electron chi connectivity index (χ0n) is 10.5. The zero-order chi connectivity index (χ0) is 13.3. The summed E-state index contributed by atoms with van der Waals surface area (Å²) in [5.41, 5.74) is 1.36. The van der Waals surface area contributed by atoms with Crippen molar-refractivity contribution in [2.45, 2.75) is 6.54 Å². The van der Waals surface area contributed by atoms with E-state index < -0.39 is 0 Å². The molecule has 0 aromatic carbocycles. The Hall–Kier alpha value is -1.82. The monoisotopic (exact) mass is 267 g/mol. The summed E-state index contributed by atoms with van der Waals surface area (Å²) in [7, 11) is 5.29. The summed E-state index contributed by atoms with van der Waals surface area (Å²) >= 11 is 6.01. The minimum Gasteiger partial charge on any atom is -0.336 e. The van der Waals surface area contributed by atoms with E-state index in [4.69, 9.17) is 11.6 Å². The summed E-state index contributed by atoms with van der Waals surface area (Å²) in [6, 6.07) is 0. The van der Waals surface area contributed by atoms with Gasteiger partial charge in [-0.2, -0.15) is 10.2 Å². The van der Waals surface area contributed by atoms with Gasteiger partial charge in [0.1, 0.15) is 0 Å². The quantitative estimate of drug-likeness (QED) is 0.836. The topological polar surface area (TPSA) is 56.0 Å². The van der Waals surface area contributed by atoms with E-state index in [0.29, 0.717) is 17.1 Å². The fourth-order valence-electron chi connectivity index (χ4n) is 1.66. The van der Waals surface area contributed by atoms with Crippen LogP contribution in [-0.4, -0.2) is 37.4 Å². The Bertz CT molecular complexity index is 554. The van der Waals surface area contributed by atoms with E-state index in [1.807, 2.05) is 0 Å². The van der Waals surface area contributed by atoms with Crippen LogP contribution in [0.4, 0.5) is 0 Å². The van der Waals surface area contributed by atoms with Crippen LogP contribution in [0.5, 0.6) is 0 Å². The van der Waals surface area contributed by atoms with Crippen LogP contribution in [0.15, 0.2) is 18.6 Å². The molecule has 2 rings (SSSR count). The van der Waals surface area contributed by atoms with Crippen molar-refractivity contribution in [3.05, 3.63) is 34.9 Å². The Balaban J connectivity index is 2.13. The van der Waals surface area contributed by atoms with Crippen molar-refractivity contribution < 1.29 is 4.79 Å². The molecule has 7 heteroatoms. The van der Waals surface area contributed by atoms with E-state index in [1.165, 1.54) is 0 Å². The lowest BCUT2D eigenvalue weighted by molar-refractivity contribution is 0.0782. The number of aromatic nitrogens is 4. The highest BCUT2D eigenvalue weighted by Gasteiger charge is 2.16. The minimum absolute atomic E-state index is 0.0969. The van der Waals surface area contributed by atoms with E-state index in [0.717, 1.165) is 5.69 Å². The third-order valence-corrected chi connectivity index (χ3v) is 3.01. The van der Waals surface area contributed by atoms with E-state index in [-0.39, 0.29) is 5.91 Å². The van der Waals surface area contributed by atoms with Gasteiger partial charge in [-0.05, 0) is 0 Å². The second kappa shape index (κ2) is 4.81. The molecule has 0 aliphatic heterocycles. The first-order valence-corrected chi connectivity index (χ1v) is 5.77. The van der Waals surface area contributed by atoms with Crippen LogP contribution in [0.3, 0.4) is 0 Å². The van der Waals surface area contributed by atoms with E-state index in [9.17, 15) is 4.79 Å². The van der Waals surface area contributed by atoms with Crippen LogP contribution in [0.2, 0.25) is 5.02 Å². The first-order chi connectivity index (χ1) is 8.49. The van der Waals surface area contributed by atoms with Gasteiger partial charge >= 0.3 is 0 Å². The van der Waals surface area contributed by atoms with Crippen molar-refractivity contribution in [2.75, 3.05) is 7.05 Å².